The van der Waals surface area contributed by atoms with E-state index in [9.17, 15) is 18.3 Å². The number of hydroxylamine groups is 1. The van der Waals surface area contributed by atoms with E-state index >= 15 is 0 Å². The van der Waals surface area contributed by atoms with Crippen molar-refractivity contribution in [3.05, 3.63) is 35.4 Å². The SMILES string of the molecule is CC(C)(C)ONCC(O)c1ccc(C(F)(F)F)cc1. The average molecular weight is 277 g/mol. The van der Waals surface area contributed by atoms with E-state index in [0.29, 0.717) is 5.56 Å². The number of aliphatic hydroxyl groups excluding tert-OH is 1. The number of hydrogen-bond acceptors (Lipinski definition) is 3. The van der Waals surface area contributed by atoms with E-state index in [4.69, 9.17) is 4.84 Å². The Labute approximate surface area is 110 Å². The molecule has 0 heterocycles. The Morgan fingerprint density at radius 2 is 1.68 bits per heavy atom. The lowest BCUT2D eigenvalue weighted by Gasteiger charge is -2.21. The van der Waals surface area contributed by atoms with E-state index in [-0.39, 0.29) is 6.54 Å². The third-order valence-corrected chi connectivity index (χ3v) is 2.28. The predicted molar refractivity (Wildman–Crippen MR) is 65.2 cm³/mol. The summed E-state index contributed by atoms with van der Waals surface area (Å²) < 4.78 is 37.1. The second-order valence-electron chi connectivity index (χ2n) is 5.20. The zero-order valence-electron chi connectivity index (χ0n) is 11.1. The van der Waals surface area contributed by atoms with Gasteiger partial charge in [0.1, 0.15) is 0 Å². The van der Waals surface area contributed by atoms with Gasteiger partial charge in [-0.15, -0.1) is 0 Å². The molecule has 3 nitrogen and oxygen atoms in total. The van der Waals surface area contributed by atoms with Gasteiger partial charge >= 0.3 is 6.18 Å². The Hall–Kier alpha value is -1.11. The molecule has 1 rings (SSSR count). The lowest BCUT2D eigenvalue weighted by molar-refractivity contribution is -0.137. The van der Waals surface area contributed by atoms with E-state index < -0.39 is 23.4 Å². The summed E-state index contributed by atoms with van der Waals surface area (Å²) in [4.78, 5) is 5.21. The lowest BCUT2D eigenvalue weighted by atomic mass is 10.1. The van der Waals surface area contributed by atoms with Gasteiger partial charge in [0.05, 0.1) is 23.8 Å². The van der Waals surface area contributed by atoms with E-state index in [1.54, 1.807) is 0 Å². The molecule has 1 atom stereocenters. The van der Waals surface area contributed by atoms with Gasteiger partial charge in [0.2, 0.25) is 0 Å². The average Bonchev–Trinajstić information content (AvgIpc) is 2.26. The Morgan fingerprint density at radius 3 is 2.11 bits per heavy atom. The maximum atomic E-state index is 12.4. The van der Waals surface area contributed by atoms with Crippen LogP contribution >= 0.6 is 0 Å². The van der Waals surface area contributed by atoms with Gasteiger partial charge in [-0.25, -0.2) is 0 Å². The zero-order valence-corrected chi connectivity index (χ0v) is 11.1. The molecule has 2 N–H and O–H groups in total. The molecule has 108 valence electrons. The molecular formula is C13H18F3NO2. The van der Waals surface area contributed by atoms with E-state index in [1.807, 2.05) is 20.8 Å². The highest BCUT2D eigenvalue weighted by atomic mass is 19.4. The number of aliphatic hydroxyl groups is 1. The van der Waals surface area contributed by atoms with Crippen LogP contribution in [0.4, 0.5) is 13.2 Å². The van der Waals surface area contributed by atoms with Crippen LogP contribution in [0.25, 0.3) is 0 Å². The largest absolute Gasteiger partial charge is 0.416 e. The van der Waals surface area contributed by atoms with Crippen molar-refractivity contribution in [1.29, 1.82) is 0 Å². The standard InChI is InChI=1S/C13H18F3NO2/c1-12(2,3)19-17-8-11(18)9-4-6-10(7-5-9)13(14,15)16/h4-7,11,17-18H,8H2,1-3H3. The van der Waals surface area contributed by atoms with Crippen molar-refractivity contribution in [2.45, 2.75) is 38.7 Å². The van der Waals surface area contributed by atoms with Gasteiger partial charge in [0.25, 0.3) is 0 Å². The third kappa shape index (κ3) is 5.59. The molecule has 0 bridgehead atoms. The monoisotopic (exact) mass is 277 g/mol. The molecule has 1 unspecified atom stereocenters. The number of rotatable bonds is 4. The van der Waals surface area contributed by atoms with Gasteiger partial charge in [0, 0.05) is 0 Å². The number of nitrogens with one attached hydrogen (secondary N) is 1. The molecule has 0 aliphatic carbocycles. The number of hydrogen-bond donors (Lipinski definition) is 2. The normalized spacial score (nSPS) is 14.5. The summed E-state index contributed by atoms with van der Waals surface area (Å²) in [5.74, 6) is 0. The smallest absolute Gasteiger partial charge is 0.387 e. The van der Waals surface area contributed by atoms with Crippen molar-refractivity contribution in [3.63, 3.8) is 0 Å². The second kappa shape index (κ2) is 5.90. The van der Waals surface area contributed by atoms with Crippen molar-refractivity contribution in [3.8, 4) is 0 Å². The molecule has 19 heavy (non-hydrogen) atoms. The minimum Gasteiger partial charge on any atom is -0.387 e. The lowest BCUT2D eigenvalue weighted by Crippen LogP contribution is -2.31. The summed E-state index contributed by atoms with van der Waals surface area (Å²) in [6.07, 6.45) is -5.29. The van der Waals surface area contributed by atoms with Gasteiger partial charge < -0.3 is 5.11 Å². The van der Waals surface area contributed by atoms with Gasteiger partial charge in [-0.05, 0) is 38.5 Å². The van der Waals surface area contributed by atoms with Crippen molar-refractivity contribution >= 4 is 0 Å². The van der Waals surface area contributed by atoms with E-state index in [2.05, 4.69) is 5.48 Å². The fourth-order valence-electron chi connectivity index (χ4n) is 1.35. The molecule has 0 amide bonds. The van der Waals surface area contributed by atoms with Crippen LogP contribution in [0.5, 0.6) is 0 Å². The molecule has 1 aromatic carbocycles. The molecule has 0 saturated heterocycles. The summed E-state index contributed by atoms with van der Waals surface area (Å²) in [5, 5.41) is 9.79. The quantitative estimate of drug-likeness (QED) is 0.831. The van der Waals surface area contributed by atoms with Crippen LogP contribution < -0.4 is 5.48 Å². The summed E-state index contributed by atoms with van der Waals surface area (Å²) >= 11 is 0. The van der Waals surface area contributed by atoms with Crippen LogP contribution in [-0.4, -0.2) is 17.3 Å². The minimum absolute atomic E-state index is 0.0998. The molecular weight excluding hydrogens is 259 g/mol. The fourth-order valence-corrected chi connectivity index (χ4v) is 1.35. The highest BCUT2D eigenvalue weighted by molar-refractivity contribution is 5.26. The Kier molecular flexibility index (Phi) is 4.95. The number of benzene rings is 1. The first-order valence-electron chi connectivity index (χ1n) is 5.86. The maximum absolute atomic E-state index is 12.4. The molecule has 0 fully saturated rings. The van der Waals surface area contributed by atoms with Crippen molar-refractivity contribution in [2.75, 3.05) is 6.54 Å². The molecule has 0 aliphatic rings. The van der Waals surface area contributed by atoms with Gasteiger partial charge in [-0.1, -0.05) is 12.1 Å². The summed E-state index contributed by atoms with van der Waals surface area (Å²) in [6.45, 7) is 5.61. The molecule has 0 aliphatic heterocycles. The predicted octanol–water partition coefficient (Wildman–Crippen LogP) is 3.06. The molecule has 6 heteroatoms. The Morgan fingerprint density at radius 1 is 1.16 bits per heavy atom. The molecule has 0 spiro atoms. The first-order chi connectivity index (χ1) is 8.59. The van der Waals surface area contributed by atoms with Crippen LogP contribution in [0, 0.1) is 0 Å². The fraction of sp³-hybridized carbons (Fsp3) is 0.538. The summed E-state index contributed by atoms with van der Waals surface area (Å²) in [5.41, 5.74) is 1.86. The minimum atomic E-state index is -4.36. The molecule has 0 radical (unpaired) electrons. The van der Waals surface area contributed by atoms with Crippen LogP contribution in [0.2, 0.25) is 0 Å². The van der Waals surface area contributed by atoms with E-state index in [1.165, 1.54) is 12.1 Å². The number of alkyl halides is 3. The van der Waals surface area contributed by atoms with Gasteiger partial charge in [0.15, 0.2) is 0 Å². The van der Waals surface area contributed by atoms with Crippen LogP contribution in [0.15, 0.2) is 24.3 Å². The molecule has 1 aromatic rings. The second-order valence-corrected chi connectivity index (χ2v) is 5.20. The van der Waals surface area contributed by atoms with E-state index in [0.717, 1.165) is 12.1 Å². The highest BCUT2D eigenvalue weighted by Crippen LogP contribution is 2.29. The van der Waals surface area contributed by atoms with Crippen molar-refractivity contribution in [2.24, 2.45) is 0 Å². The summed E-state index contributed by atoms with van der Waals surface area (Å²) in [6, 6.07) is 4.41. The van der Waals surface area contributed by atoms with Crippen LogP contribution in [0.1, 0.15) is 38.0 Å². The van der Waals surface area contributed by atoms with Gasteiger partial charge in [-0.2, -0.15) is 18.7 Å². The molecule has 0 aromatic heterocycles. The van der Waals surface area contributed by atoms with Gasteiger partial charge in [-0.3, -0.25) is 4.84 Å². The Bertz CT molecular complexity index is 396. The van der Waals surface area contributed by atoms with Crippen LogP contribution in [0.3, 0.4) is 0 Å². The third-order valence-electron chi connectivity index (χ3n) is 2.28. The van der Waals surface area contributed by atoms with Crippen molar-refractivity contribution < 1.29 is 23.1 Å². The number of halogens is 3. The summed E-state index contributed by atoms with van der Waals surface area (Å²) in [7, 11) is 0. The topological polar surface area (TPSA) is 41.5 Å². The molecule has 0 saturated carbocycles. The Balaban J connectivity index is 2.56. The first kappa shape index (κ1) is 15.9. The maximum Gasteiger partial charge on any atom is 0.416 e. The zero-order chi connectivity index (χ0) is 14.7. The van der Waals surface area contributed by atoms with Crippen molar-refractivity contribution in [1.82, 2.24) is 5.48 Å². The van der Waals surface area contributed by atoms with Crippen LogP contribution in [-0.2, 0) is 11.0 Å². The highest BCUT2D eigenvalue weighted by Gasteiger charge is 2.30. The first-order valence-corrected chi connectivity index (χ1v) is 5.86.